The molecule has 26 heavy (non-hydrogen) atoms. The molecule has 2 rings (SSSR count). The molecule has 0 spiro atoms. The molecular formula is C18H20F2N2O4. The SMILES string of the molecule is COc1ccc(CNC(=O)N(C)Cc2ccccc2O)cc1OC(F)F. The minimum atomic E-state index is -2.97. The lowest BCUT2D eigenvalue weighted by Gasteiger charge is -2.19. The predicted molar refractivity (Wildman–Crippen MR) is 91.4 cm³/mol. The molecule has 0 fully saturated rings. The van der Waals surface area contributed by atoms with E-state index in [-0.39, 0.29) is 36.4 Å². The smallest absolute Gasteiger partial charge is 0.387 e. The van der Waals surface area contributed by atoms with Crippen LogP contribution in [-0.2, 0) is 13.1 Å². The first-order chi connectivity index (χ1) is 12.4. The van der Waals surface area contributed by atoms with Crippen molar-refractivity contribution in [2.75, 3.05) is 14.2 Å². The van der Waals surface area contributed by atoms with Crippen molar-refractivity contribution in [3.05, 3.63) is 53.6 Å². The second-order valence-electron chi connectivity index (χ2n) is 5.51. The number of phenolic OH excluding ortho intramolecular Hbond substituents is 1. The van der Waals surface area contributed by atoms with Gasteiger partial charge in [0.25, 0.3) is 0 Å². The van der Waals surface area contributed by atoms with Crippen molar-refractivity contribution in [3.8, 4) is 17.2 Å². The molecule has 0 saturated heterocycles. The summed E-state index contributed by atoms with van der Waals surface area (Å²) in [4.78, 5) is 13.6. The molecule has 0 aliphatic heterocycles. The van der Waals surface area contributed by atoms with E-state index in [4.69, 9.17) is 4.74 Å². The molecule has 0 unspecified atom stereocenters. The Labute approximate surface area is 150 Å². The Hall–Kier alpha value is -3.03. The third-order valence-corrected chi connectivity index (χ3v) is 3.63. The number of benzene rings is 2. The zero-order valence-electron chi connectivity index (χ0n) is 14.4. The zero-order chi connectivity index (χ0) is 19.1. The van der Waals surface area contributed by atoms with E-state index >= 15 is 0 Å². The van der Waals surface area contributed by atoms with E-state index in [0.717, 1.165) is 0 Å². The number of hydrogen-bond acceptors (Lipinski definition) is 4. The summed E-state index contributed by atoms with van der Waals surface area (Å²) in [6.45, 7) is -2.63. The summed E-state index contributed by atoms with van der Waals surface area (Å²) in [6, 6.07) is 10.9. The maximum atomic E-state index is 12.5. The molecule has 0 saturated carbocycles. The molecule has 0 radical (unpaired) electrons. The van der Waals surface area contributed by atoms with Gasteiger partial charge in [0.1, 0.15) is 5.75 Å². The van der Waals surface area contributed by atoms with E-state index in [9.17, 15) is 18.7 Å². The quantitative estimate of drug-likeness (QED) is 0.788. The monoisotopic (exact) mass is 366 g/mol. The Morgan fingerprint density at radius 1 is 1.23 bits per heavy atom. The summed E-state index contributed by atoms with van der Waals surface area (Å²) >= 11 is 0. The molecule has 8 heteroatoms. The molecule has 0 aromatic heterocycles. The van der Waals surface area contributed by atoms with Crippen molar-refractivity contribution in [3.63, 3.8) is 0 Å². The van der Waals surface area contributed by atoms with Gasteiger partial charge in [0.05, 0.1) is 13.7 Å². The lowest BCUT2D eigenvalue weighted by Crippen LogP contribution is -2.36. The highest BCUT2D eigenvalue weighted by atomic mass is 19.3. The van der Waals surface area contributed by atoms with Gasteiger partial charge in [-0.05, 0) is 23.8 Å². The van der Waals surface area contributed by atoms with Gasteiger partial charge < -0.3 is 24.8 Å². The number of urea groups is 1. The minimum Gasteiger partial charge on any atom is -0.508 e. The van der Waals surface area contributed by atoms with Crippen molar-refractivity contribution in [2.45, 2.75) is 19.7 Å². The van der Waals surface area contributed by atoms with E-state index in [1.165, 1.54) is 24.1 Å². The van der Waals surface area contributed by atoms with E-state index in [1.807, 2.05) is 0 Å². The number of methoxy groups -OCH3 is 1. The molecule has 0 bridgehead atoms. The van der Waals surface area contributed by atoms with Crippen LogP contribution in [0.2, 0.25) is 0 Å². The van der Waals surface area contributed by atoms with Crippen LogP contribution in [0.15, 0.2) is 42.5 Å². The van der Waals surface area contributed by atoms with Gasteiger partial charge in [-0.2, -0.15) is 8.78 Å². The van der Waals surface area contributed by atoms with E-state index in [1.54, 1.807) is 37.4 Å². The fourth-order valence-electron chi connectivity index (χ4n) is 2.30. The number of alkyl halides is 2. The standard InChI is InChI=1S/C18H20F2N2O4/c1-22(11-13-5-3-4-6-14(13)23)18(24)21-10-12-7-8-15(25-2)16(9-12)26-17(19)20/h3-9,17,23H,10-11H2,1-2H3,(H,21,24). The second-order valence-corrected chi connectivity index (χ2v) is 5.51. The Morgan fingerprint density at radius 3 is 2.62 bits per heavy atom. The third kappa shape index (κ3) is 5.23. The number of aromatic hydroxyl groups is 1. The lowest BCUT2D eigenvalue weighted by molar-refractivity contribution is -0.0512. The van der Waals surface area contributed by atoms with Gasteiger partial charge in [-0.1, -0.05) is 24.3 Å². The van der Waals surface area contributed by atoms with Gasteiger partial charge >= 0.3 is 12.6 Å². The molecular weight excluding hydrogens is 346 g/mol. The number of phenols is 1. The van der Waals surface area contributed by atoms with Crippen LogP contribution in [-0.4, -0.2) is 36.8 Å². The number of carbonyl (C=O) groups excluding carboxylic acids is 1. The van der Waals surface area contributed by atoms with Crippen LogP contribution >= 0.6 is 0 Å². The largest absolute Gasteiger partial charge is 0.508 e. The maximum absolute atomic E-state index is 12.5. The summed E-state index contributed by atoms with van der Waals surface area (Å²) in [5.41, 5.74) is 1.19. The van der Waals surface area contributed by atoms with Gasteiger partial charge in [0, 0.05) is 19.2 Å². The number of ether oxygens (including phenoxy) is 2. The fourth-order valence-corrected chi connectivity index (χ4v) is 2.30. The van der Waals surface area contributed by atoms with Crippen LogP contribution in [0.3, 0.4) is 0 Å². The number of rotatable bonds is 7. The molecule has 2 aromatic rings. The van der Waals surface area contributed by atoms with Crippen molar-refractivity contribution in [2.24, 2.45) is 0 Å². The van der Waals surface area contributed by atoms with Gasteiger partial charge in [0.2, 0.25) is 0 Å². The van der Waals surface area contributed by atoms with Crippen LogP contribution in [0.4, 0.5) is 13.6 Å². The lowest BCUT2D eigenvalue weighted by atomic mass is 10.2. The third-order valence-electron chi connectivity index (χ3n) is 3.63. The number of para-hydroxylation sites is 1. The van der Waals surface area contributed by atoms with Crippen molar-refractivity contribution in [1.82, 2.24) is 10.2 Å². The Kier molecular flexibility index (Phi) is 6.60. The van der Waals surface area contributed by atoms with Gasteiger partial charge in [-0.3, -0.25) is 0 Å². The highest BCUT2D eigenvalue weighted by Gasteiger charge is 2.13. The molecule has 2 amide bonds. The molecule has 0 atom stereocenters. The minimum absolute atomic E-state index is 0.100. The first kappa shape index (κ1) is 19.3. The Bertz CT molecular complexity index is 756. The van der Waals surface area contributed by atoms with Crippen LogP contribution in [0.5, 0.6) is 17.2 Å². The highest BCUT2D eigenvalue weighted by Crippen LogP contribution is 2.29. The highest BCUT2D eigenvalue weighted by molar-refractivity contribution is 5.74. The number of amides is 2. The molecule has 6 nitrogen and oxygen atoms in total. The first-order valence-corrected chi connectivity index (χ1v) is 7.78. The molecule has 0 aliphatic rings. The van der Waals surface area contributed by atoms with E-state index in [2.05, 4.69) is 10.1 Å². The summed E-state index contributed by atoms with van der Waals surface area (Å²) in [5.74, 6) is 0.185. The first-order valence-electron chi connectivity index (χ1n) is 7.78. The number of halogens is 2. The summed E-state index contributed by atoms with van der Waals surface area (Å²) in [6.07, 6.45) is 0. The van der Waals surface area contributed by atoms with E-state index < -0.39 is 6.61 Å². The van der Waals surface area contributed by atoms with E-state index in [0.29, 0.717) is 11.1 Å². The van der Waals surface area contributed by atoms with Crippen LogP contribution in [0.1, 0.15) is 11.1 Å². The van der Waals surface area contributed by atoms with Gasteiger partial charge in [-0.25, -0.2) is 4.79 Å². The molecule has 2 N–H and O–H groups in total. The number of nitrogens with zero attached hydrogens (tertiary/aromatic N) is 1. The Morgan fingerprint density at radius 2 is 1.96 bits per heavy atom. The fraction of sp³-hybridized carbons (Fsp3) is 0.278. The van der Waals surface area contributed by atoms with Crippen LogP contribution in [0.25, 0.3) is 0 Å². The topological polar surface area (TPSA) is 71.0 Å². The number of hydrogen-bond donors (Lipinski definition) is 2. The molecule has 140 valence electrons. The summed E-state index contributed by atoms with van der Waals surface area (Å²) < 4.78 is 34.3. The van der Waals surface area contributed by atoms with Crippen LogP contribution < -0.4 is 14.8 Å². The number of nitrogens with one attached hydrogen (secondary N) is 1. The Balaban J connectivity index is 1.97. The average Bonchev–Trinajstić information content (AvgIpc) is 2.61. The van der Waals surface area contributed by atoms with Crippen LogP contribution in [0, 0.1) is 0 Å². The summed E-state index contributed by atoms with van der Waals surface area (Å²) in [5, 5.41) is 12.4. The van der Waals surface area contributed by atoms with Crippen molar-refractivity contribution in [1.29, 1.82) is 0 Å². The number of carbonyl (C=O) groups is 1. The van der Waals surface area contributed by atoms with Gasteiger partial charge in [0.15, 0.2) is 11.5 Å². The second kappa shape index (κ2) is 8.89. The normalized spacial score (nSPS) is 10.5. The van der Waals surface area contributed by atoms with Gasteiger partial charge in [-0.15, -0.1) is 0 Å². The van der Waals surface area contributed by atoms with Crippen molar-refractivity contribution >= 4 is 6.03 Å². The molecule has 2 aromatic carbocycles. The average molecular weight is 366 g/mol. The zero-order valence-corrected chi connectivity index (χ0v) is 14.4. The van der Waals surface area contributed by atoms with Crippen molar-refractivity contribution < 1.29 is 28.2 Å². The summed E-state index contributed by atoms with van der Waals surface area (Å²) in [7, 11) is 2.93. The predicted octanol–water partition coefficient (Wildman–Crippen LogP) is 3.34. The maximum Gasteiger partial charge on any atom is 0.387 e. The molecule has 0 aliphatic carbocycles. The molecule has 0 heterocycles.